The summed E-state index contributed by atoms with van der Waals surface area (Å²) in [5.74, 6) is 0. The molecular weight excluding hydrogens is 262 g/mol. The number of hydrogen-bond acceptors (Lipinski definition) is 3. The molecule has 0 saturated heterocycles. The van der Waals surface area contributed by atoms with Gasteiger partial charge in [0.05, 0.1) is 12.2 Å². The first-order valence-electron chi connectivity index (χ1n) is 7.02. The lowest BCUT2D eigenvalue weighted by Crippen LogP contribution is -2.41. The zero-order valence-corrected chi connectivity index (χ0v) is 11.8. The zero-order chi connectivity index (χ0) is 13.7. The molecule has 1 aliphatic rings. The summed E-state index contributed by atoms with van der Waals surface area (Å²) >= 11 is 5.82. The van der Waals surface area contributed by atoms with E-state index in [1.807, 2.05) is 12.1 Å². The van der Waals surface area contributed by atoms with Gasteiger partial charge in [-0.05, 0) is 30.5 Å². The van der Waals surface area contributed by atoms with Crippen molar-refractivity contribution in [3.63, 3.8) is 0 Å². The lowest BCUT2D eigenvalue weighted by molar-refractivity contribution is 0.104. The highest BCUT2D eigenvalue weighted by Crippen LogP contribution is 2.20. The normalized spacial score (nSPS) is 25.8. The molecule has 4 heteroatoms. The minimum atomic E-state index is -0.562. The number of nitrogens with one attached hydrogen (secondary N) is 1. The van der Waals surface area contributed by atoms with Crippen LogP contribution >= 0.6 is 11.6 Å². The molecule has 0 heterocycles. The van der Waals surface area contributed by atoms with Crippen LogP contribution in [0.4, 0.5) is 0 Å². The maximum Gasteiger partial charge on any atom is 0.0914 e. The lowest BCUT2D eigenvalue weighted by atomic mass is 10.0. The van der Waals surface area contributed by atoms with E-state index in [0.717, 1.165) is 31.2 Å². The molecule has 0 radical (unpaired) electrons. The van der Waals surface area contributed by atoms with E-state index in [4.69, 9.17) is 11.6 Å². The zero-order valence-electron chi connectivity index (χ0n) is 11.1. The molecule has 1 fully saturated rings. The Labute approximate surface area is 119 Å². The van der Waals surface area contributed by atoms with Crippen LogP contribution in [-0.4, -0.2) is 28.9 Å². The highest BCUT2D eigenvalue weighted by Gasteiger charge is 2.21. The van der Waals surface area contributed by atoms with Crippen molar-refractivity contribution < 1.29 is 10.2 Å². The van der Waals surface area contributed by atoms with Crippen molar-refractivity contribution in [2.75, 3.05) is 6.54 Å². The molecule has 0 spiro atoms. The second-order valence-electron chi connectivity index (χ2n) is 5.29. The molecule has 1 saturated carbocycles. The quantitative estimate of drug-likeness (QED) is 0.745. The monoisotopic (exact) mass is 283 g/mol. The molecule has 0 bridgehead atoms. The van der Waals surface area contributed by atoms with Crippen LogP contribution in [0.15, 0.2) is 24.3 Å². The van der Waals surface area contributed by atoms with Crippen molar-refractivity contribution in [2.24, 2.45) is 0 Å². The van der Waals surface area contributed by atoms with E-state index >= 15 is 0 Å². The minimum absolute atomic E-state index is 0.101. The SMILES string of the molecule is OC(CNC1CCCCCC1O)c1ccc(Cl)cc1. The predicted molar refractivity (Wildman–Crippen MR) is 77.3 cm³/mol. The van der Waals surface area contributed by atoms with E-state index in [0.29, 0.717) is 11.6 Å². The van der Waals surface area contributed by atoms with Crippen LogP contribution < -0.4 is 5.32 Å². The van der Waals surface area contributed by atoms with Crippen LogP contribution in [0.25, 0.3) is 0 Å². The molecule has 1 aromatic rings. The Morgan fingerprint density at radius 3 is 2.58 bits per heavy atom. The average molecular weight is 284 g/mol. The van der Waals surface area contributed by atoms with E-state index in [9.17, 15) is 10.2 Å². The standard InChI is InChI=1S/C15H22ClNO2/c16-12-8-6-11(7-9-12)15(19)10-17-13-4-2-1-3-5-14(13)18/h6-9,13-15,17-19H,1-5,10H2. The first kappa shape index (κ1) is 14.8. The first-order valence-corrected chi connectivity index (χ1v) is 7.39. The fourth-order valence-electron chi connectivity index (χ4n) is 2.59. The van der Waals surface area contributed by atoms with E-state index < -0.39 is 6.10 Å². The molecule has 3 nitrogen and oxygen atoms in total. The molecular formula is C15H22ClNO2. The average Bonchev–Trinajstić information content (AvgIpc) is 2.61. The van der Waals surface area contributed by atoms with Gasteiger partial charge in [-0.3, -0.25) is 0 Å². The Balaban J connectivity index is 1.85. The number of aliphatic hydroxyl groups is 2. The number of aliphatic hydroxyl groups excluding tert-OH is 2. The Morgan fingerprint density at radius 2 is 1.84 bits per heavy atom. The third-order valence-corrected chi connectivity index (χ3v) is 4.06. The summed E-state index contributed by atoms with van der Waals surface area (Å²) in [7, 11) is 0. The van der Waals surface area contributed by atoms with Gasteiger partial charge in [0.25, 0.3) is 0 Å². The molecule has 3 atom stereocenters. The summed E-state index contributed by atoms with van der Waals surface area (Å²) in [5.41, 5.74) is 0.847. The van der Waals surface area contributed by atoms with Crippen LogP contribution in [0.2, 0.25) is 5.02 Å². The van der Waals surface area contributed by atoms with Gasteiger partial charge in [-0.25, -0.2) is 0 Å². The van der Waals surface area contributed by atoms with Gasteiger partial charge in [0.2, 0.25) is 0 Å². The predicted octanol–water partition coefficient (Wildman–Crippen LogP) is 2.66. The highest BCUT2D eigenvalue weighted by molar-refractivity contribution is 6.30. The Hall–Kier alpha value is -0.610. The second-order valence-corrected chi connectivity index (χ2v) is 5.72. The lowest BCUT2D eigenvalue weighted by Gasteiger charge is -2.23. The highest BCUT2D eigenvalue weighted by atomic mass is 35.5. The summed E-state index contributed by atoms with van der Waals surface area (Å²) < 4.78 is 0. The topological polar surface area (TPSA) is 52.5 Å². The third kappa shape index (κ3) is 4.46. The fraction of sp³-hybridized carbons (Fsp3) is 0.600. The summed E-state index contributed by atoms with van der Waals surface area (Å²) in [6, 6.07) is 7.32. The van der Waals surface area contributed by atoms with Gasteiger partial charge in [0.15, 0.2) is 0 Å². The molecule has 1 aromatic carbocycles. The third-order valence-electron chi connectivity index (χ3n) is 3.81. The van der Waals surface area contributed by atoms with Gasteiger partial charge in [-0.2, -0.15) is 0 Å². The molecule has 0 aromatic heterocycles. The van der Waals surface area contributed by atoms with Crippen LogP contribution in [-0.2, 0) is 0 Å². The molecule has 106 valence electrons. The second kappa shape index (κ2) is 7.25. The Bertz CT molecular complexity index is 382. The van der Waals surface area contributed by atoms with Crippen molar-refractivity contribution in [1.29, 1.82) is 0 Å². The number of benzene rings is 1. The van der Waals surface area contributed by atoms with Crippen molar-refractivity contribution in [1.82, 2.24) is 5.32 Å². The van der Waals surface area contributed by atoms with Gasteiger partial charge >= 0.3 is 0 Å². The van der Waals surface area contributed by atoms with Crippen LogP contribution in [0.1, 0.15) is 43.8 Å². The van der Waals surface area contributed by atoms with Crippen molar-refractivity contribution >= 4 is 11.6 Å². The largest absolute Gasteiger partial charge is 0.392 e. The Morgan fingerprint density at radius 1 is 1.16 bits per heavy atom. The molecule has 2 rings (SSSR count). The summed E-state index contributed by atoms with van der Waals surface area (Å²) in [6.45, 7) is 0.462. The number of halogens is 1. The molecule has 3 unspecified atom stereocenters. The molecule has 1 aliphatic carbocycles. The van der Waals surface area contributed by atoms with Gasteiger partial charge in [0.1, 0.15) is 0 Å². The summed E-state index contributed by atoms with van der Waals surface area (Å²) in [5, 5.41) is 24.1. The van der Waals surface area contributed by atoms with E-state index in [1.165, 1.54) is 6.42 Å². The summed E-state index contributed by atoms with van der Waals surface area (Å²) in [6.07, 6.45) is 4.41. The van der Waals surface area contributed by atoms with Crippen molar-refractivity contribution in [3.05, 3.63) is 34.9 Å². The molecule has 0 aliphatic heterocycles. The first-order chi connectivity index (χ1) is 9.16. The molecule has 0 amide bonds. The van der Waals surface area contributed by atoms with E-state index in [1.54, 1.807) is 12.1 Å². The minimum Gasteiger partial charge on any atom is -0.392 e. The maximum absolute atomic E-state index is 10.1. The molecule has 19 heavy (non-hydrogen) atoms. The fourth-order valence-corrected chi connectivity index (χ4v) is 2.72. The van der Waals surface area contributed by atoms with E-state index in [2.05, 4.69) is 5.32 Å². The van der Waals surface area contributed by atoms with Gasteiger partial charge in [0, 0.05) is 17.6 Å². The molecule has 3 N–H and O–H groups in total. The smallest absolute Gasteiger partial charge is 0.0914 e. The van der Waals surface area contributed by atoms with Gasteiger partial charge in [-0.1, -0.05) is 43.0 Å². The number of hydrogen-bond donors (Lipinski definition) is 3. The van der Waals surface area contributed by atoms with Gasteiger partial charge in [-0.15, -0.1) is 0 Å². The Kier molecular flexibility index (Phi) is 5.64. The van der Waals surface area contributed by atoms with Gasteiger partial charge < -0.3 is 15.5 Å². The van der Waals surface area contributed by atoms with Crippen molar-refractivity contribution in [3.8, 4) is 0 Å². The van der Waals surface area contributed by atoms with Crippen LogP contribution in [0.3, 0.4) is 0 Å². The van der Waals surface area contributed by atoms with E-state index in [-0.39, 0.29) is 12.1 Å². The number of rotatable bonds is 4. The summed E-state index contributed by atoms with van der Waals surface area (Å²) in [4.78, 5) is 0. The van der Waals surface area contributed by atoms with Crippen LogP contribution in [0, 0.1) is 0 Å². The maximum atomic E-state index is 10.1. The van der Waals surface area contributed by atoms with Crippen molar-refractivity contribution in [2.45, 2.75) is 50.4 Å². The van der Waals surface area contributed by atoms with Crippen LogP contribution in [0.5, 0.6) is 0 Å².